The first kappa shape index (κ1) is 21.2. The molecule has 8 rings (SSSR count). The highest BCUT2D eigenvalue weighted by atomic mass is 35.5. The minimum Gasteiger partial charge on any atom is -0.274 e. The molecule has 2 atom stereocenters. The predicted octanol–water partition coefficient (Wildman–Crippen LogP) is 6.85. The van der Waals surface area contributed by atoms with Gasteiger partial charge in [0.2, 0.25) is 11.8 Å². The van der Waals surface area contributed by atoms with E-state index in [0.29, 0.717) is 11.4 Å². The van der Waals surface area contributed by atoms with Crippen LogP contribution in [0, 0.1) is 11.8 Å². The highest BCUT2D eigenvalue weighted by molar-refractivity contribution is 6.33. The predicted molar refractivity (Wildman–Crippen MR) is 138 cm³/mol. The molecule has 0 aromatic heterocycles. The first-order chi connectivity index (χ1) is 17.6. The number of hydrogen-bond acceptors (Lipinski definition) is 4. The molecule has 2 amide bonds. The maximum absolute atomic E-state index is 13.9. The van der Waals surface area contributed by atoms with Gasteiger partial charge in [0.25, 0.3) is 0 Å². The molecule has 3 aliphatic carbocycles. The highest BCUT2D eigenvalue weighted by Crippen LogP contribution is 2.65. The van der Waals surface area contributed by atoms with Crippen LogP contribution in [0.25, 0.3) is 0 Å². The average molecular weight is 490 g/mol. The summed E-state index contributed by atoms with van der Waals surface area (Å²) in [6.45, 7) is 0. The Balaban J connectivity index is 1.28. The Bertz CT molecular complexity index is 1520. The van der Waals surface area contributed by atoms with Gasteiger partial charge in [-0.25, -0.2) is 4.90 Å². The smallest absolute Gasteiger partial charge is 0.240 e. The van der Waals surface area contributed by atoms with Crippen molar-refractivity contribution in [2.24, 2.45) is 22.1 Å². The number of azo groups is 1. The number of halogens is 1. The Morgan fingerprint density at radius 1 is 0.639 bits per heavy atom. The number of benzene rings is 4. The van der Waals surface area contributed by atoms with Crippen LogP contribution in [0.15, 0.2) is 113 Å². The van der Waals surface area contributed by atoms with Crippen LogP contribution in [0.2, 0.25) is 0 Å². The van der Waals surface area contributed by atoms with Crippen molar-refractivity contribution in [3.63, 3.8) is 0 Å². The van der Waals surface area contributed by atoms with E-state index >= 15 is 0 Å². The second-order valence-electron chi connectivity index (χ2n) is 9.43. The summed E-state index contributed by atoms with van der Waals surface area (Å²) in [5.74, 6) is -1.88. The van der Waals surface area contributed by atoms with E-state index in [1.807, 2.05) is 78.9 Å². The zero-order valence-corrected chi connectivity index (χ0v) is 19.8. The van der Waals surface area contributed by atoms with Crippen molar-refractivity contribution in [2.75, 3.05) is 4.90 Å². The molecule has 0 spiro atoms. The lowest BCUT2D eigenvalue weighted by Gasteiger charge is -2.50. The number of imide groups is 1. The average Bonchev–Trinajstić information content (AvgIpc) is 3.20. The van der Waals surface area contributed by atoms with Crippen molar-refractivity contribution in [1.29, 1.82) is 0 Å². The fourth-order valence-corrected chi connectivity index (χ4v) is 6.79. The van der Waals surface area contributed by atoms with Crippen LogP contribution in [-0.4, -0.2) is 11.8 Å². The molecule has 36 heavy (non-hydrogen) atoms. The van der Waals surface area contributed by atoms with Gasteiger partial charge in [0.15, 0.2) is 0 Å². The maximum Gasteiger partial charge on any atom is 0.240 e. The van der Waals surface area contributed by atoms with Gasteiger partial charge in [-0.2, -0.15) is 10.2 Å². The number of nitrogens with zero attached hydrogens (tertiary/aromatic N) is 3. The zero-order valence-electron chi connectivity index (χ0n) is 19.1. The number of anilines is 1. The van der Waals surface area contributed by atoms with Gasteiger partial charge in [-0.15, -0.1) is 11.6 Å². The van der Waals surface area contributed by atoms with E-state index in [1.54, 1.807) is 24.3 Å². The molecule has 1 saturated heterocycles. The second-order valence-corrected chi connectivity index (χ2v) is 10.0. The minimum atomic E-state index is -1.09. The zero-order chi connectivity index (χ0) is 24.4. The van der Waals surface area contributed by atoms with E-state index < -0.39 is 16.7 Å². The van der Waals surface area contributed by atoms with Gasteiger partial charge in [0.1, 0.15) is 4.87 Å². The van der Waals surface area contributed by atoms with E-state index in [1.165, 1.54) is 4.90 Å². The standard InChI is InChI=1S/C30H20ClN3O2/c31-30-23-12-6-4-10-21(23)25(22-11-5-7-13-24(22)30)26-27(30)29(36)34(28(26)35)20-16-14-19(15-17-20)33-32-18-8-2-1-3-9-18/h1-17,25-27H/t25?,26-,27-,30?/m1/s1. The van der Waals surface area contributed by atoms with Gasteiger partial charge in [-0.05, 0) is 58.7 Å². The highest BCUT2D eigenvalue weighted by Gasteiger charge is 2.67. The molecule has 4 aliphatic rings. The molecule has 174 valence electrons. The van der Waals surface area contributed by atoms with Gasteiger partial charge in [0, 0.05) is 5.92 Å². The number of hydrogen-bond donors (Lipinski definition) is 0. The number of alkyl halides is 1. The second kappa shape index (κ2) is 7.70. The van der Waals surface area contributed by atoms with Gasteiger partial charge in [-0.3, -0.25) is 9.59 Å². The summed E-state index contributed by atoms with van der Waals surface area (Å²) in [6, 6.07) is 32.4. The Hall–Kier alpha value is -4.09. The molecule has 0 N–H and O–H groups in total. The van der Waals surface area contributed by atoms with E-state index in [0.717, 1.165) is 27.9 Å². The molecule has 6 heteroatoms. The topological polar surface area (TPSA) is 62.1 Å². The first-order valence-corrected chi connectivity index (χ1v) is 12.3. The fourth-order valence-electron chi connectivity index (χ4n) is 6.21. The van der Waals surface area contributed by atoms with Crippen molar-refractivity contribution in [1.82, 2.24) is 0 Å². The first-order valence-electron chi connectivity index (χ1n) is 11.9. The number of amides is 2. The molecular formula is C30H20ClN3O2. The monoisotopic (exact) mass is 489 g/mol. The molecule has 4 aromatic carbocycles. The van der Waals surface area contributed by atoms with Gasteiger partial charge < -0.3 is 0 Å². The summed E-state index contributed by atoms with van der Waals surface area (Å²) in [5, 5.41) is 8.51. The Morgan fingerprint density at radius 2 is 1.17 bits per heavy atom. The van der Waals surface area contributed by atoms with Crippen molar-refractivity contribution >= 4 is 40.5 Å². The van der Waals surface area contributed by atoms with Crippen LogP contribution < -0.4 is 4.90 Å². The van der Waals surface area contributed by atoms with E-state index in [2.05, 4.69) is 10.2 Å². The van der Waals surface area contributed by atoms with Gasteiger partial charge >= 0.3 is 0 Å². The Morgan fingerprint density at radius 3 is 1.78 bits per heavy atom. The molecule has 1 fully saturated rings. The number of rotatable bonds is 3. The third-order valence-electron chi connectivity index (χ3n) is 7.66. The van der Waals surface area contributed by atoms with Gasteiger partial charge in [0.05, 0.1) is 28.9 Å². The molecule has 0 radical (unpaired) electrons. The third-order valence-corrected chi connectivity index (χ3v) is 8.30. The fraction of sp³-hybridized carbons (Fsp3) is 0.133. The van der Waals surface area contributed by atoms with Crippen molar-refractivity contribution in [3.05, 3.63) is 125 Å². The van der Waals surface area contributed by atoms with Crippen LogP contribution in [0.4, 0.5) is 17.1 Å². The SMILES string of the molecule is O=C1[C@@H]2C3c4ccccc4C(Cl)(c4ccccc43)[C@H]2C(=O)N1c1ccc(N=Nc2ccccc2)cc1. The minimum absolute atomic E-state index is 0.205. The molecule has 1 heterocycles. The van der Waals surface area contributed by atoms with Crippen molar-refractivity contribution in [2.45, 2.75) is 10.8 Å². The summed E-state index contributed by atoms with van der Waals surface area (Å²) in [6.07, 6.45) is 0. The molecule has 0 unspecified atom stereocenters. The van der Waals surface area contributed by atoms with Crippen LogP contribution in [0.5, 0.6) is 0 Å². The molecule has 2 bridgehead atoms. The Kier molecular flexibility index (Phi) is 4.54. The number of carbonyl (C=O) groups is 2. The van der Waals surface area contributed by atoms with E-state index in [-0.39, 0.29) is 17.7 Å². The Labute approximate surface area is 213 Å². The maximum atomic E-state index is 13.9. The largest absolute Gasteiger partial charge is 0.274 e. The van der Waals surface area contributed by atoms with Crippen LogP contribution in [0.1, 0.15) is 28.2 Å². The lowest BCUT2D eigenvalue weighted by atomic mass is 9.54. The normalized spacial score (nSPS) is 25.7. The quantitative estimate of drug-likeness (QED) is 0.179. The molecule has 4 aromatic rings. The van der Waals surface area contributed by atoms with E-state index in [4.69, 9.17) is 11.6 Å². The third kappa shape index (κ3) is 2.78. The van der Waals surface area contributed by atoms with Crippen LogP contribution in [-0.2, 0) is 14.5 Å². The summed E-state index contributed by atoms with van der Waals surface area (Å²) < 4.78 is 0. The van der Waals surface area contributed by atoms with Crippen molar-refractivity contribution in [3.8, 4) is 0 Å². The number of carbonyl (C=O) groups excluding carboxylic acids is 2. The lowest BCUT2D eigenvalue weighted by Crippen LogP contribution is -2.50. The van der Waals surface area contributed by atoms with Crippen molar-refractivity contribution < 1.29 is 9.59 Å². The van der Waals surface area contributed by atoms with Gasteiger partial charge in [-0.1, -0.05) is 66.7 Å². The molecule has 1 aliphatic heterocycles. The molecule has 5 nitrogen and oxygen atoms in total. The van der Waals surface area contributed by atoms with Crippen LogP contribution >= 0.6 is 11.6 Å². The molecule has 0 saturated carbocycles. The summed E-state index contributed by atoms with van der Waals surface area (Å²) in [4.78, 5) is 28.1. The van der Waals surface area contributed by atoms with E-state index in [9.17, 15) is 9.59 Å². The summed E-state index contributed by atoms with van der Waals surface area (Å²) >= 11 is 7.47. The van der Waals surface area contributed by atoms with Crippen LogP contribution in [0.3, 0.4) is 0 Å². The lowest BCUT2D eigenvalue weighted by molar-refractivity contribution is -0.122. The summed E-state index contributed by atoms with van der Waals surface area (Å²) in [5.41, 5.74) is 5.82. The summed E-state index contributed by atoms with van der Waals surface area (Å²) in [7, 11) is 0. The molecular weight excluding hydrogens is 470 g/mol.